The summed E-state index contributed by atoms with van der Waals surface area (Å²) in [6, 6.07) is 8.00. The molecule has 0 bridgehead atoms. The Hall–Kier alpha value is -2.02. The van der Waals surface area contributed by atoms with Crippen LogP contribution in [0.5, 0.6) is 0 Å². The van der Waals surface area contributed by atoms with Gasteiger partial charge in [-0.05, 0) is 24.3 Å². The average Bonchev–Trinajstić information content (AvgIpc) is 2.90. The highest BCUT2D eigenvalue weighted by atomic mass is 35.5. The number of rotatable bonds is 4. The van der Waals surface area contributed by atoms with Crippen molar-refractivity contribution >= 4 is 44.7 Å². The molecule has 1 N–H and O–H groups in total. The molecule has 1 aromatic carbocycles. The van der Waals surface area contributed by atoms with E-state index in [9.17, 15) is 9.18 Å². The molecule has 0 aliphatic rings. The van der Waals surface area contributed by atoms with Crippen LogP contribution >= 0.6 is 22.9 Å². The molecule has 0 saturated heterocycles. The number of amides is 1. The summed E-state index contributed by atoms with van der Waals surface area (Å²) in [5, 5.41) is 3.59. The van der Waals surface area contributed by atoms with Gasteiger partial charge in [0.15, 0.2) is 0 Å². The predicted molar refractivity (Wildman–Crippen MR) is 89.7 cm³/mol. The van der Waals surface area contributed by atoms with E-state index < -0.39 is 0 Å². The number of hydrogen-bond donors (Lipinski definition) is 1. The summed E-state index contributed by atoms with van der Waals surface area (Å²) in [5.74, 6) is -0.345. The Morgan fingerprint density at radius 3 is 2.91 bits per heavy atom. The molecule has 0 saturated carbocycles. The molecule has 0 atom stereocenters. The molecule has 0 fully saturated rings. The molecule has 0 radical (unpaired) electrons. The number of fused-ring (bicyclic) bond motifs is 1. The highest BCUT2D eigenvalue weighted by Crippen LogP contribution is 2.34. The van der Waals surface area contributed by atoms with Crippen molar-refractivity contribution in [2.24, 2.45) is 0 Å². The Morgan fingerprint density at radius 2 is 2.22 bits per heavy atom. The summed E-state index contributed by atoms with van der Waals surface area (Å²) in [6.45, 7) is 0.151. The number of methoxy groups -OCH3 is 1. The van der Waals surface area contributed by atoms with Gasteiger partial charge in [-0.3, -0.25) is 4.79 Å². The van der Waals surface area contributed by atoms with E-state index >= 15 is 0 Å². The van der Waals surface area contributed by atoms with Gasteiger partial charge in [0.05, 0.1) is 16.5 Å². The molecular formula is C16H12ClFN2O2S. The Labute approximate surface area is 140 Å². The van der Waals surface area contributed by atoms with Crippen LogP contribution in [-0.2, 0) is 11.3 Å². The minimum Gasteiger partial charge on any atom is -0.380 e. The fourth-order valence-electron chi connectivity index (χ4n) is 2.26. The quantitative estimate of drug-likeness (QED) is 0.754. The van der Waals surface area contributed by atoms with Crippen LogP contribution in [0.15, 0.2) is 36.5 Å². The van der Waals surface area contributed by atoms with Crippen molar-refractivity contribution in [2.75, 3.05) is 12.4 Å². The second kappa shape index (κ2) is 6.62. The van der Waals surface area contributed by atoms with Crippen molar-refractivity contribution in [3.05, 3.63) is 57.8 Å². The molecule has 2 heterocycles. The third kappa shape index (κ3) is 3.19. The first-order chi connectivity index (χ1) is 11.1. The number of ether oxygens (including phenoxy) is 1. The maximum absolute atomic E-state index is 14.1. The lowest BCUT2D eigenvalue weighted by molar-refractivity contribution is 0.102. The summed E-state index contributed by atoms with van der Waals surface area (Å²) < 4.78 is 19.9. The first-order valence-electron chi connectivity index (χ1n) is 6.72. The van der Waals surface area contributed by atoms with Crippen LogP contribution in [-0.4, -0.2) is 18.0 Å². The van der Waals surface area contributed by atoms with Crippen molar-refractivity contribution in [2.45, 2.75) is 6.61 Å². The third-order valence-corrected chi connectivity index (χ3v) is 4.65. The number of anilines is 1. The Morgan fingerprint density at radius 1 is 1.39 bits per heavy atom. The van der Waals surface area contributed by atoms with Gasteiger partial charge >= 0.3 is 0 Å². The third-order valence-electron chi connectivity index (χ3n) is 3.23. The van der Waals surface area contributed by atoms with Gasteiger partial charge in [-0.2, -0.15) is 0 Å². The smallest absolute Gasteiger partial charge is 0.267 e. The number of aromatic nitrogens is 1. The van der Waals surface area contributed by atoms with Crippen LogP contribution in [0.25, 0.3) is 10.1 Å². The summed E-state index contributed by atoms with van der Waals surface area (Å²) in [7, 11) is 1.51. The number of pyridine rings is 1. The molecule has 2 aromatic heterocycles. The van der Waals surface area contributed by atoms with E-state index in [0.29, 0.717) is 31.4 Å². The number of carbonyl (C=O) groups is 1. The molecule has 4 nitrogen and oxygen atoms in total. The molecule has 0 unspecified atom stereocenters. The molecule has 7 heteroatoms. The zero-order chi connectivity index (χ0) is 16.4. The number of benzene rings is 1. The maximum atomic E-state index is 14.1. The first-order valence-corrected chi connectivity index (χ1v) is 7.91. The Kier molecular flexibility index (Phi) is 4.56. The Bertz CT molecular complexity index is 864. The summed E-state index contributed by atoms with van der Waals surface area (Å²) in [4.78, 5) is 17.0. The number of nitrogens with one attached hydrogen (secondary N) is 1. The van der Waals surface area contributed by atoms with Gasteiger partial charge in [0.1, 0.15) is 11.6 Å². The number of thiophene rings is 1. The molecule has 1 amide bonds. The van der Waals surface area contributed by atoms with Gasteiger partial charge in [-0.25, -0.2) is 9.37 Å². The topological polar surface area (TPSA) is 51.2 Å². The van der Waals surface area contributed by atoms with Crippen molar-refractivity contribution in [1.82, 2.24) is 4.98 Å². The lowest BCUT2D eigenvalue weighted by Crippen LogP contribution is -2.13. The lowest BCUT2D eigenvalue weighted by Gasteiger charge is -2.06. The molecule has 23 heavy (non-hydrogen) atoms. The van der Waals surface area contributed by atoms with Crippen LogP contribution in [0, 0.1) is 5.82 Å². The lowest BCUT2D eigenvalue weighted by atomic mass is 10.1. The zero-order valence-electron chi connectivity index (χ0n) is 12.1. The molecule has 0 aliphatic heterocycles. The first kappa shape index (κ1) is 15.9. The summed E-state index contributed by atoms with van der Waals surface area (Å²) in [6.07, 6.45) is 1.44. The number of nitrogens with zero attached hydrogens (tertiary/aromatic N) is 1. The second-order valence-corrected chi connectivity index (χ2v) is 6.26. The highest BCUT2D eigenvalue weighted by Gasteiger charge is 2.21. The van der Waals surface area contributed by atoms with Crippen LogP contribution < -0.4 is 5.32 Å². The van der Waals surface area contributed by atoms with E-state index in [4.69, 9.17) is 16.3 Å². The van der Waals surface area contributed by atoms with E-state index in [0.717, 1.165) is 0 Å². The van der Waals surface area contributed by atoms with Crippen molar-refractivity contribution in [3.8, 4) is 0 Å². The molecule has 0 aliphatic carbocycles. The van der Waals surface area contributed by atoms with Crippen molar-refractivity contribution in [3.63, 3.8) is 0 Å². The summed E-state index contributed by atoms with van der Waals surface area (Å²) in [5.41, 5.74) is 0.539. The maximum Gasteiger partial charge on any atom is 0.267 e. The SMILES string of the molecule is COCc1c(C(=O)Nc2ccc(Cl)cn2)sc2cccc(F)c12. The average molecular weight is 351 g/mol. The second-order valence-electron chi connectivity index (χ2n) is 4.77. The minimum absolute atomic E-state index is 0.151. The molecule has 0 spiro atoms. The highest BCUT2D eigenvalue weighted by molar-refractivity contribution is 7.21. The van der Waals surface area contributed by atoms with Crippen LogP contribution in [0.1, 0.15) is 15.2 Å². The van der Waals surface area contributed by atoms with Gasteiger partial charge < -0.3 is 10.1 Å². The zero-order valence-corrected chi connectivity index (χ0v) is 13.7. The van der Waals surface area contributed by atoms with Gasteiger partial charge in [0.2, 0.25) is 0 Å². The van der Waals surface area contributed by atoms with Crippen molar-refractivity contribution < 1.29 is 13.9 Å². The van der Waals surface area contributed by atoms with E-state index in [-0.39, 0.29) is 18.3 Å². The fraction of sp³-hybridized carbons (Fsp3) is 0.125. The van der Waals surface area contributed by atoms with Gasteiger partial charge in [-0.15, -0.1) is 11.3 Å². The van der Waals surface area contributed by atoms with E-state index in [1.54, 1.807) is 24.3 Å². The van der Waals surface area contributed by atoms with Gasteiger partial charge in [0.25, 0.3) is 5.91 Å². The van der Waals surface area contributed by atoms with Gasteiger partial charge in [0, 0.05) is 29.0 Å². The van der Waals surface area contributed by atoms with Gasteiger partial charge in [-0.1, -0.05) is 17.7 Å². The Balaban J connectivity index is 2.01. The number of halogens is 2. The normalized spacial score (nSPS) is 10.9. The van der Waals surface area contributed by atoms with E-state index in [2.05, 4.69) is 10.3 Å². The molecule has 3 rings (SSSR count). The van der Waals surface area contributed by atoms with Crippen molar-refractivity contribution in [1.29, 1.82) is 0 Å². The van der Waals surface area contributed by atoms with E-state index in [1.165, 1.54) is 30.7 Å². The number of carbonyl (C=O) groups excluding carboxylic acids is 1. The molecule has 118 valence electrons. The van der Waals surface area contributed by atoms with Crippen LogP contribution in [0.4, 0.5) is 10.2 Å². The molecule has 3 aromatic rings. The monoisotopic (exact) mass is 350 g/mol. The van der Waals surface area contributed by atoms with Crippen LogP contribution in [0.2, 0.25) is 5.02 Å². The standard InChI is InChI=1S/C16H12ClFN2O2S/c1-22-8-10-14-11(18)3-2-4-12(14)23-15(10)16(21)20-13-6-5-9(17)7-19-13/h2-7H,8H2,1H3,(H,19,20,21). The number of hydrogen-bond acceptors (Lipinski definition) is 4. The molecular weight excluding hydrogens is 339 g/mol. The summed E-state index contributed by atoms with van der Waals surface area (Å²) >= 11 is 6.99. The predicted octanol–water partition coefficient (Wildman–Crippen LogP) is 4.49. The van der Waals surface area contributed by atoms with E-state index in [1.807, 2.05) is 0 Å². The fourth-order valence-corrected chi connectivity index (χ4v) is 3.48. The largest absolute Gasteiger partial charge is 0.380 e. The minimum atomic E-state index is -0.366. The van der Waals surface area contributed by atoms with Crippen LogP contribution in [0.3, 0.4) is 0 Å².